The molecule has 1 atom stereocenters. The van der Waals surface area contributed by atoms with Crippen LogP contribution < -0.4 is 5.73 Å². The fraction of sp³-hybridized carbons (Fsp3) is 0.714. The fourth-order valence-corrected chi connectivity index (χ4v) is 2.65. The predicted molar refractivity (Wildman–Crippen MR) is 77.4 cm³/mol. The number of halogens is 1. The molecule has 1 heterocycles. The Labute approximate surface area is 118 Å². The second kappa shape index (κ2) is 6.22. The van der Waals surface area contributed by atoms with Gasteiger partial charge in [0.15, 0.2) is 4.67 Å². The summed E-state index contributed by atoms with van der Waals surface area (Å²) >= 11 is 3.37. The van der Waals surface area contributed by atoms with Gasteiger partial charge in [0, 0.05) is 12.6 Å². The van der Waals surface area contributed by atoms with E-state index in [0.29, 0.717) is 12.6 Å². The van der Waals surface area contributed by atoms with Crippen LogP contribution in [-0.4, -0.2) is 24.0 Å². The summed E-state index contributed by atoms with van der Waals surface area (Å²) in [7, 11) is 0. The van der Waals surface area contributed by atoms with Crippen molar-refractivity contribution in [2.24, 2.45) is 11.7 Å². The Hall–Kier alpha value is -0.320. The van der Waals surface area contributed by atoms with Gasteiger partial charge >= 0.3 is 0 Å². The zero-order chi connectivity index (χ0) is 13.1. The van der Waals surface area contributed by atoms with Gasteiger partial charge in [0.25, 0.3) is 0 Å². The van der Waals surface area contributed by atoms with Crippen molar-refractivity contribution in [1.29, 1.82) is 0 Å². The molecule has 0 aromatic carbocycles. The van der Waals surface area contributed by atoms with E-state index in [1.54, 1.807) is 0 Å². The number of furan rings is 1. The van der Waals surface area contributed by atoms with Gasteiger partial charge in [0.05, 0.1) is 6.04 Å². The smallest absolute Gasteiger partial charge is 0.169 e. The van der Waals surface area contributed by atoms with Crippen LogP contribution in [0.5, 0.6) is 0 Å². The molecule has 1 aromatic heterocycles. The third-order valence-electron chi connectivity index (χ3n) is 3.53. The maximum Gasteiger partial charge on any atom is 0.169 e. The van der Waals surface area contributed by atoms with Gasteiger partial charge in [-0.3, -0.25) is 4.90 Å². The van der Waals surface area contributed by atoms with E-state index in [2.05, 4.69) is 34.7 Å². The van der Waals surface area contributed by atoms with E-state index in [4.69, 9.17) is 10.2 Å². The van der Waals surface area contributed by atoms with Crippen LogP contribution >= 0.6 is 15.9 Å². The first-order valence-corrected chi connectivity index (χ1v) is 7.62. The van der Waals surface area contributed by atoms with E-state index in [1.807, 2.05) is 12.1 Å². The van der Waals surface area contributed by atoms with E-state index in [-0.39, 0.29) is 6.04 Å². The molecular formula is C14H23BrN2O. The summed E-state index contributed by atoms with van der Waals surface area (Å²) in [4.78, 5) is 2.53. The summed E-state index contributed by atoms with van der Waals surface area (Å²) in [5.41, 5.74) is 5.97. The maximum atomic E-state index is 5.97. The van der Waals surface area contributed by atoms with Gasteiger partial charge in [-0.25, -0.2) is 0 Å². The Morgan fingerprint density at radius 1 is 1.44 bits per heavy atom. The molecule has 0 aliphatic heterocycles. The first kappa shape index (κ1) is 14.1. The molecule has 1 saturated carbocycles. The lowest BCUT2D eigenvalue weighted by Crippen LogP contribution is -2.36. The molecule has 4 heteroatoms. The first-order chi connectivity index (χ1) is 8.61. The van der Waals surface area contributed by atoms with Gasteiger partial charge in [-0.15, -0.1) is 0 Å². The molecule has 0 amide bonds. The summed E-state index contributed by atoms with van der Waals surface area (Å²) in [5.74, 6) is 1.72. The van der Waals surface area contributed by atoms with Gasteiger partial charge in [-0.05, 0) is 59.8 Å². The minimum Gasteiger partial charge on any atom is -0.453 e. The molecule has 2 rings (SSSR count). The van der Waals surface area contributed by atoms with Crippen molar-refractivity contribution in [3.63, 3.8) is 0 Å². The van der Waals surface area contributed by atoms with Crippen LogP contribution in [0.25, 0.3) is 0 Å². The van der Waals surface area contributed by atoms with Crippen LogP contribution in [0.1, 0.15) is 44.9 Å². The topological polar surface area (TPSA) is 42.4 Å². The average molecular weight is 315 g/mol. The fourth-order valence-electron chi connectivity index (χ4n) is 2.33. The van der Waals surface area contributed by atoms with Gasteiger partial charge in [-0.2, -0.15) is 0 Å². The minimum atomic E-state index is 0.225. The molecule has 1 aliphatic carbocycles. The minimum absolute atomic E-state index is 0.225. The lowest BCUT2D eigenvalue weighted by molar-refractivity contribution is 0.160. The number of nitrogens with two attached hydrogens (primary N) is 1. The van der Waals surface area contributed by atoms with Gasteiger partial charge in [0.1, 0.15) is 5.76 Å². The highest BCUT2D eigenvalue weighted by molar-refractivity contribution is 9.10. The molecule has 0 saturated heterocycles. The standard InChI is InChI=1S/C14H23BrN2O/c1-10(2)7-8-17(11-3-4-11)12(9-16)13-5-6-14(15)18-13/h5-6,10-12H,3-4,7-9,16H2,1-2H3. The van der Waals surface area contributed by atoms with Crippen molar-refractivity contribution in [3.8, 4) is 0 Å². The highest BCUT2D eigenvalue weighted by atomic mass is 79.9. The van der Waals surface area contributed by atoms with Crippen LogP contribution in [-0.2, 0) is 0 Å². The number of nitrogens with zero attached hydrogens (tertiary/aromatic N) is 1. The molecule has 0 bridgehead atoms. The highest BCUT2D eigenvalue weighted by Gasteiger charge is 2.35. The summed E-state index contributed by atoms with van der Waals surface area (Å²) in [5, 5.41) is 0. The molecule has 1 aromatic rings. The number of hydrogen-bond donors (Lipinski definition) is 1. The molecule has 1 fully saturated rings. The van der Waals surface area contributed by atoms with E-state index in [0.717, 1.165) is 22.9 Å². The van der Waals surface area contributed by atoms with Gasteiger partial charge in [0.2, 0.25) is 0 Å². The summed E-state index contributed by atoms with van der Waals surface area (Å²) in [6, 6.07) is 4.92. The third kappa shape index (κ3) is 3.59. The molecule has 1 aliphatic rings. The summed E-state index contributed by atoms with van der Waals surface area (Å²) < 4.78 is 6.48. The lowest BCUT2D eigenvalue weighted by atomic mass is 10.1. The van der Waals surface area contributed by atoms with Crippen LogP contribution in [0, 0.1) is 5.92 Å². The predicted octanol–water partition coefficient (Wildman–Crippen LogP) is 3.55. The Balaban J connectivity index is 2.06. The Bertz CT molecular complexity index is 374. The van der Waals surface area contributed by atoms with Gasteiger partial charge < -0.3 is 10.2 Å². The monoisotopic (exact) mass is 314 g/mol. The van der Waals surface area contributed by atoms with Crippen molar-refractivity contribution in [3.05, 3.63) is 22.6 Å². The average Bonchev–Trinajstić information content (AvgIpc) is 3.07. The van der Waals surface area contributed by atoms with Crippen LogP contribution in [0.4, 0.5) is 0 Å². The van der Waals surface area contributed by atoms with Crippen molar-refractivity contribution >= 4 is 15.9 Å². The van der Waals surface area contributed by atoms with Crippen molar-refractivity contribution in [1.82, 2.24) is 4.90 Å². The van der Waals surface area contributed by atoms with Gasteiger partial charge in [-0.1, -0.05) is 13.8 Å². The van der Waals surface area contributed by atoms with E-state index >= 15 is 0 Å². The molecular weight excluding hydrogens is 292 g/mol. The Morgan fingerprint density at radius 3 is 2.61 bits per heavy atom. The molecule has 3 nitrogen and oxygen atoms in total. The van der Waals surface area contributed by atoms with Crippen LogP contribution in [0.3, 0.4) is 0 Å². The Kier molecular flexibility index (Phi) is 4.87. The molecule has 2 N–H and O–H groups in total. The zero-order valence-corrected chi connectivity index (χ0v) is 12.8. The second-order valence-corrected chi connectivity index (χ2v) is 6.33. The molecule has 1 unspecified atom stereocenters. The highest BCUT2D eigenvalue weighted by Crippen LogP contribution is 2.35. The first-order valence-electron chi connectivity index (χ1n) is 6.83. The van der Waals surface area contributed by atoms with E-state index < -0.39 is 0 Å². The number of hydrogen-bond acceptors (Lipinski definition) is 3. The lowest BCUT2D eigenvalue weighted by Gasteiger charge is -2.30. The molecule has 0 radical (unpaired) electrons. The van der Waals surface area contributed by atoms with Crippen molar-refractivity contribution < 1.29 is 4.42 Å². The Morgan fingerprint density at radius 2 is 2.17 bits per heavy atom. The van der Waals surface area contributed by atoms with Crippen molar-refractivity contribution in [2.45, 2.75) is 45.2 Å². The SMILES string of the molecule is CC(C)CCN(C1CC1)C(CN)c1ccc(Br)o1. The maximum absolute atomic E-state index is 5.97. The molecule has 102 valence electrons. The quantitative estimate of drug-likeness (QED) is 0.837. The van der Waals surface area contributed by atoms with E-state index in [9.17, 15) is 0 Å². The summed E-state index contributed by atoms with van der Waals surface area (Å²) in [6.45, 7) is 6.27. The van der Waals surface area contributed by atoms with Crippen LogP contribution in [0.15, 0.2) is 21.2 Å². The van der Waals surface area contributed by atoms with E-state index in [1.165, 1.54) is 19.3 Å². The van der Waals surface area contributed by atoms with Crippen LogP contribution in [0.2, 0.25) is 0 Å². The second-order valence-electron chi connectivity index (χ2n) is 5.54. The number of rotatable bonds is 7. The zero-order valence-electron chi connectivity index (χ0n) is 11.2. The largest absolute Gasteiger partial charge is 0.453 e. The molecule has 18 heavy (non-hydrogen) atoms. The normalized spacial score (nSPS) is 17.7. The third-order valence-corrected chi connectivity index (χ3v) is 3.95. The molecule has 0 spiro atoms. The summed E-state index contributed by atoms with van der Waals surface area (Å²) in [6.07, 6.45) is 3.82. The van der Waals surface area contributed by atoms with Crippen molar-refractivity contribution in [2.75, 3.05) is 13.1 Å².